The topological polar surface area (TPSA) is 89.3 Å². The molecule has 0 saturated heterocycles. The van der Waals surface area contributed by atoms with E-state index in [2.05, 4.69) is 0 Å². The summed E-state index contributed by atoms with van der Waals surface area (Å²) >= 11 is 0. The van der Waals surface area contributed by atoms with E-state index in [9.17, 15) is 9.90 Å². The van der Waals surface area contributed by atoms with Gasteiger partial charge in [0.15, 0.2) is 0 Å². The van der Waals surface area contributed by atoms with Gasteiger partial charge in [0.2, 0.25) is 5.91 Å². The highest BCUT2D eigenvalue weighted by atomic mass is 16.3. The van der Waals surface area contributed by atoms with Gasteiger partial charge in [-0.1, -0.05) is 91.0 Å². The highest BCUT2D eigenvalue weighted by Crippen LogP contribution is 2.46. The summed E-state index contributed by atoms with van der Waals surface area (Å²) in [5.74, 6) is -0.767. The number of hydrogen-bond donors (Lipinski definition) is 3. The second-order valence-corrected chi connectivity index (χ2v) is 6.34. The molecule has 0 fully saturated rings. The number of aliphatic hydroxyl groups is 1. The van der Waals surface area contributed by atoms with E-state index in [0.29, 0.717) is 0 Å². The molecule has 0 bridgehead atoms. The van der Waals surface area contributed by atoms with Crippen molar-refractivity contribution in [3.8, 4) is 0 Å². The lowest BCUT2D eigenvalue weighted by atomic mass is 9.58. The predicted molar refractivity (Wildman–Crippen MR) is 102 cm³/mol. The molecule has 0 radical (unpaired) electrons. The number of nitrogens with two attached hydrogens (primary N) is 2. The van der Waals surface area contributed by atoms with Crippen molar-refractivity contribution in [1.29, 1.82) is 0 Å². The van der Waals surface area contributed by atoms with Crippen molar-refractivity contribution in [2.24, 2.45) is 11.5 Å². The second kappa shape index (κ2) is 7.12. The Morgan fingerprint density at radius 3 is 1.27 bits per heavy atom. The van der Waals surface area contributed by atoms with Crippen LogP contribution in [-0.4, -0.2) is 23.2 Å². The molecule has 0 heterocycles. The minimum absolute atomic E-state index is 0.596. The van der Waals surface area contributed by atoms with E-state index in [4.69, 9.17) is 11.5 Å². The molecule has 4 heteroatoms. The molecule has 3 aromatic carbocycles. The number of amides is 1. The number of carbonyl (C=O) groups excluding carboxylic acids is 1. The number of primary amides is 1. The maximum Gasteiger partial charge on any atom is 0.241 e. The third kappa shape index (κ3) is 2.60. The van der Waals surface area contributed by atoms with Crippen LogP contribution in [0.1, 0.15) is 16.7 Å². The Labute approximate surface area is 153 Å². The summed E-state index contributed by atoms with van der Waals surface area (Å²) in [6, 6.07) is 28.4. The maximum atomic E-state index is 12.6. The van der Waals surface area contributed by atoms with Gasteiger partial charge in [-0.2, -0.15) is 0 Å². The van der Waals surface area contributed by atoms with Crippen LogP contribution in [0.5, 0.6) is 0 Å². The molecule has 0 aromatic heterocycles. The summed E-state index contributed by atoms with van der Waals surface area (Å²) in [7, 11) is 0. The van der Waals surface area contributed by atoms with E-state index in [1.54, 1.807) is 0 Å². The maximum absolute atomic E-state index is 12.6. The molecule has 0 spiro atoms. The van der Waals surface area contributed by atoms with E-state index >= 15 is 0 Å². The number of carbonyl (C=O) groups is 1. The number of aliphatic hydroxyl groups excluding tert-OH is 1. The highest BCUT2D eigenvalue weighted by molar-refractivity contribution is 5.89. The van der Waals surface area contributed by atoms with Crippen molar-refractivity contribution in [3.63, 3.8) is 0 Å². The van der Waals surface area contributed by atoms with Crippen LogP contribution in [-0.2, 0) is 10.2 Å². The largest absolute Gasteiger partial charge is 0.394 e. The Kier molecular flexibility index (Phi) is 4.89. The molecule has 132 valence electrons. The molecule has 3 aromatic rings. The Morgan fingerprint density at radius 1 is 0.731 bits per heavy atom. The van der Waals surface area contributed by atoms with Crippen molar-refractivity contribution >= 4 is 5.91 Å². The van der Waals surface area contributed by atoms with Gasteiger partial charge in [0.05, 0.1) is 12.0 Å². The van der Waals surface area contributed by atoms with Gasteiger partial charge >= 0.3 is 0 Å². The second-order valence-electron chi connectivity index (χ2n) is 6.34. The van der Waals surface area contributed by atoms with E-state index in [1.807, 2.05) is 91.0 Å². The molecule has 0 aliphatic rings. The van der Waals surface area contributed by atoms with Crippen LogP contribution in [0.15, 0.2) is 91.0 Å². The quantitative estimate of drug-likeness (QED) is 0.598. The number of rotatable bonds is 6. The van der Waals surface area contributed by atoms with E-state index in [1.165, 1.54) is 0 Å². The van der Waals surface area contributed by atoms with Gasteiger partial charge in [-0.15, -0.1) is 0 Å². The standard InChI is InChI=1S/C22H22N2O2/c23-20(26)21(24,16-25)22(17-10-4-1-5-11-17,18-12-6-2-7-13-18)19-14-8-3-9-15-19/h1-15,25H,16,24H2,(H2,23,26)/t21-/m1/s1. The van der Waals surface area contributed by atoms with Gasteiger partial charge in [-0.3, -0.25) is 4.79 Å². The summed E-state index contributed by atoms with van der Waals surface area (Å²) in [4.78, 5) is 12.6. The molecule has 0 aliphatic carbocycles. The molecule has 0 aliphatic heterocycles. The normalized spacial score (nSPS) is 13.8. The third-order valence-electron chi connectivity index (χ3n) is 4.98. The average molecular weight is 346 g/mol. The predicted octanol–water partition coefficient (Wildman–Crippen LogP) is 2.20. The van der Waals surface area contributed by atoms with Crippen LogP contribution in [0.4, 0.5) is 0 Å². The molecule has 0 unspecified atom stereocenters. The van der Waals surface area contributed by atoms with Gasteiger partial charge in [0.25, 0.3) is 0 Å². The minimum Gasteiger partial charge on any atom is -0.394 e. The van der Waals surface area contributed by atoms with Gasteiger partial charge < -0.3 is 16.6 Å². The van der Waals surface area contributed by atoms with Crippen molar-refractivity contribution < 1.29 is 9.90 Å². The molecule has 1 amide bonds. The van der Waals surface area contributed by atoms with Gasteiger partial charge in [0.1, 0.15) is 5.54 Å². The van der Waals surface area contributed by atoms with Gasteiger partial charge in [-0.25, -0.2) is 0 Å². The highest BCUT2D eigenvalue weighted by Gasteiger charge is 2.56. The van der Waals surface area contributed by atoms with E-state index in [-0.39, 0.29) is 0 Å². The average Bonchev–Trinajstić information content (AvgIpc) is 2.70. The molecule has 1 atom stereocenters. The molecule has 4 nitrogen and oxygen atoms in total. The fourth-order valence-electron chi connectivity index (χ4n) is 3.72. The zero-order valence-corrected chi connectivity index (χ0v) is 14.4. The van der Waals surface area contributed by atoms with E-state index < -0.39 is 23.5 Å². The SMILES string of the molecule is NC(=O)[C@](N)(CO)C(c1ccccc1)(c1ccccc1)c1ccccc1. The van der Waals surface area contributed by atoms with Gasteiger partial charge in [-0.05, 0) is 16.7 Å². The summed E-state index contributed by atoms with van der Waals surface area (Å²) in [5.41, 5.74) is 11.8. The van der Waals surface area contributed by atoms with Crippen molar-refractivity contribution in [2.45, 2.75) is 11.0 Å². The van der Waals surface area contributed by atoms with Crippen LogP contribution in [0.3, 0.4) is 0 Å². The first-order valence-corrected chi connectivity index (χ1v) is 8.43. The molecule has 5 N–H and O–H groups in total. The number of benzene rings is 3. The zero-order valence-electron chi connectivity index (χ0n) is 14.4. The lowest BCUT2D eigenvalue weighted by Crippen LogP contribution is -2.69. The summed E-state index contributed by atoms with van der Waals surface area (Å²) in [6.45, 7) is -0.596. The first-order valence-electron chi connectivity index (χ1n) is 8.43. The smallest absolute Gasteiger partial charge is 0.241 e. The van der Waals surface area contributed by atoms with Crippen LogP contribution in [0.25, 0.3) is 0 Å². The first-order chi connectivity index (χ1) is 12.6. The van der Waals surface area contributed by atoms with Crippen molar-refractivity contribution in [1.82, 2.24) is 0 Å². The van der Waals surface area contributed by atoms with E-state index in [0.717, 1.165) is 16.7 Å². The fourth-order valence-corrected chi connectivity index (χ4v) is 3.72. The summed E-state index contributed by atoms with van der Waals surface area (Å²) < 4.78 is 0. The van der Waals surface area contributed by atoms with Crippen molar-refractivity contribution in [3.05, 3.63) is 108 Å². The van der Waals surface area contributed by atoms with Crippen LogP contribution < -0.4 is 11.5 Å². The first kappa shape index (κ1) is 17.9. The molecule has 0 saturated carbocycles. The Bertz CT molecular complexity index is 770. The summed E-state index contributed by atoms with van der Waals surface area (Å²) in [5, 5.41) is 10.2. The van der Waals surface area contributed by atoms with Crippen LogP contribution >= 0.6 is 0 Å². The monoisotopic (exact) mass is 346 g/mol. The van der Waals surface area contributed by atoms with Crippen LogP contribution in [0.2, 0.25) is 0 Å². The molecular weight excluding hydrogens is 324 g/mol. The Morgan fingerprint density at radius 2 is 1.04 bits per heavy atom. The lowest BCUT2D eigenvalue weighted by Gasteiger charge is -2.47. The third-order valence-corrected chi connectivity index (χ3v) is 4.98. The van der Waals surface area contributed by atoms with Gasteiger partial charge in [0, 0.05) is 0 Å². The number of hydrogen-bond acceptors (Lipinski definition) is 3. The zero-order chi connectivity index (χ0) is 18.6. The minimum atomic E-state index is -1.74. The fraction of sp³-hybridized carbons (Fsp3) is 0.136. The molecule has 26 heavy (non-hydrogen) atoms. The molecule has 3 rings (SSSR count). The summed E-state index contributed by atoms with van der Waals surface area (Å²) in [6.07, 6.45) is 0. The Hall–Kier alpha value is -2.95. The van der Waals surface area contributed by atoms with Crippen molar-refractivity contribution in [2.75, 3.05) is 6.61 Å². The lowest BCUT2D eigenvalue weighted by molar-refractivity contribution is -0.126. The Balaban J connectivity index is 2.50. The molecular formula is C22H22N2O2. The van der Waals surface area contributed by atoms with Crippen LogP contribution in [0, 0.1) is 0 Å².